The third-order valence-corrected chi connectivity index (χ3v) is 5.16. The van der Waals surface area contributed by atoms with Crippen LogP contribution in [-0.4, -0.2) is 52.9 Å². The number of likely N-dealkylation sites (N-methyl/N-ethyl adjacent to an activating group) is 2. The second kappa shape index (κ2) is 8.72. The largest absolute Gasteiger partial charge is 0.357 e. The Morgan fingerprint density at radius 3 is 2.47 bits per heavy atom. The maximum Gasteiger partial charge on any atom is 0.272 e. The number of hydrogen-bond donors (Lipinski definition) is 2. The normalized spacial score (nSPS) is 14.8. The van der Waals surface area contributed by atoms with Crippen LogP contribution >= 0.6 is 0 Å². The van der Waals surface area contributed by atoms with Crippen molar-refractivity contribution in [2.24, 2.45) is 5.41 Å². The Hall–Kier alpha value is -3.11. The van der Waals surface area contributed by atoms with Gasteiger partial charge in [0, 0.05) is 32.2 Å². The van der Waals surface area contributed by atoms with Crippen LogP contribution in [0.3, 0.4) is 0 Å². The van der Waals surface area contributed by atoms with E-state index in [1.165, 1.54) is 0 Å². The van der Waals surface area contributed by atoms with Gasteiger partial charge in [-0.1, -0.05) is 44.9 Å². The SMILES string of the molecule is CNC(=O)C(NC(=O)c1nc(C#Cc2ccccc2)n2c1CN(C)CC2)C(C)(C)C. The molecule has 1 aliphatic heterocycles. The van der Waals surface area contributed by atoms with Gasteiger partial charge in [-0.2, -0.15) is 0 Å². The summed E-state index contributed by atoms with van der Waals surface area (Å²) < 4.78 is 2.01. The van der Waals surface area contributed by atoms with Crippen LogP contribution < -0.4 is 10.6 Å². The molecule has 0 radical (unpaired) electrons. The molecule has 1 unspecified atom stereocenters. The third-order valence-electron chi connectivity index (χ3n) is 5.16. The molecule has 1 atom stereocenters. The van der Waals surface area contributed by atoms with Crippen LogP contribution in [0.25, 0.3) is 0 Å². The molecule has 1 aromatic heterocycles. The molecule has 7 heteroatoms. The summed E-state index contributed by atoms with van der Waals surface area (Å²) >= 11 is 0. The van der Waals surface area contributed by atoms with Crippen molar-refractivity contribution >= 4 is 11.8 Å². The van der Waals surface area contributed by atoms with Crippen LogP contribution in [-0.2, 0) is 17.9 Å². The van der Waals surface area contributed by atoms with Gasteiger partial charge in [-0.15, -0.1) is 0 Å². The fourth-order valence-electron chi connectivity index (χ4n) is 3.44. The lowest BCUT2D eigenvalue weighted by Crippen LogP contribution is -2.53. The first kappa shape index (κ1) is 21.6. The summed E-state index contributed by atoms with van der Waals surface area (Å²) in [6.07, 6.45) is 0. The van der Waals surface area contributed by atoms with E-state index in [1.54, 1.807) is 7.05 Å². The van der Waals surface area contributed by atoms with Gasteiger partial charge in [0.05, 0.1) is 5.69 Å². The molecular formula is C23H29N5O2. The van der Waals surface area contributed by atoms with E-state index in [4.69, 9.17) is 0 Å². The number of rotatable bonds is 3. The fourth-order valence-corrected chi connectivity index (χ4v) is 3.44. The topological polar surface area (TPSA) is 79.3 Å². The molecule has 2 amide bonds. The minimum Gasteiger partial charge on any atom is -0.357 e. The zero-order valence-corrected chi connectivity index (χ0v) is 18.2. The van der Waals surface area contributed by atoms with Crippen molar-refractivity contribution in [3.05, 3.63) is 53.1 Å². The molecule has 3 rings (SSSR count). The molecule has 0 spiro atoms. The van der Waals surface area contributed by atoms with E-state index >= 15 is 0 Å². The van der Waals surface area contributed by atoms with Crippen LogP contribution in [0.5, 0.6) is 0 Å². The zero-order valence-electron chi connectivity index (χ0n) is 18.2. The summed E-state index contributed by atoms with van der Waals surface area (Å²) in [5.74, 6) is 6.23. The Balaban J connectivity index is 1.96. The number of nitrogens with one attached hydrogen (secondary N) is 2. The number of carbonyl (C=O) groups is 2. The van der Waals surface area contributed by atoms with Gasteiger partial charge in [0.15, 0.2) is 11.5 Å². The van der Waals surface area contributed by atoms with Crippen molar-refractivity contribution in [1.82, 2.24) is 25.1 Å². The molecule has 158 valence electrons. The number of carbonyl (C=O) groups excluding carboxylic acids is 2. The monoisotopic (exact) mass is 407 g/mol. The predicted molar refractivity (Wildman–Crippen MR) is 116 cm³/mol. The highest BCUT2D eigenvalue weighted by molar-refractivity contribution is 5.97. The minimum atomic E-state index is -0.674. The van der Waals surface area contributed by atoms with Gasteiger partial charge >= 0.3 is 0 Å². The van der Waals surface area contributed by atoms with Gasteiger partial charge in [0.1, 0.15) is 6.04 Å². The molecule has 0 aliphatic carbocycles. The highest BCUT2D eigenvalue weighted by Crippen LogP contribution is 2.22. The molecule has 2 aromatic rings. The first-order valence-corrected chi connectivity index (χ1v) is 10.1. The van der Waals surface area contributed by atoms with Gasteiger partial charge in [0.25, 0.3) is 5.91 Å². The van der Waals surface area contributed by atoms with Crippen molar-refractivity contribution in [3.63, 3.8) is 0 Å². The van der Waals surface area contributed by atoms with Gasteiger partial charge in [-0.05, 0) is 30.5 Å². The Kier molecular flexibility index (Phi) is 6.28. The highest BCUT2D eigenvalue weighted by atomic mass is 16.2. The quantitative estimate of drug-likeness (QED) is 0.758. The second-order valence-corrected chi connectivity index (χ2v) is 8.62. The highest BCUT2D eigenvalue weighted by Gasteiger charge is 2.34. The van der Waals surface area contributed by atoms with Gasteiger partial charge < -0.3 is 15.2 Å². The molecule has 0 bridgehead atoms. The first-order valence-electron chi connectivity index (χ1n) is 10.1. The standard InChI is InChI=1S/C23H29N5O2/c1-23(2,3)20(22(30)24-4)26-21(29)19-17-15-27(5)13-14-28(17)18(25-19)12-11-16-9-7-6-8-10-16/h6-10,20H,13-15H2,1-5H3,(H,24,30)(H,26,29). The summed E-state index contributed by atoms with van der Waals surface area (Å²) in [5, 5.41) is 5.51. The van der Waals surface area contributed by atoms with E-state index in [1.807, 2.05) is 62.7 Å². The second-order valence-electron chi connectivity index (χ2n) is 8.62. The molecule has 2 heterocycles. The minimum absolute atomic E-state index is 0.231. The first-order chi connectivity index (χ1) is 14.2. The molecule has 7 nitrogen and oxygen atoms in total. The van der Waals surface area contributed by atoms with Crippen LogP contribution in [0.15, 0.2) is 30.3 Å². The molecule has 0 saturated heterocycles. The Bertz CT molecular complexity index is 992. The van der Waals surface area contributed by atoms with E-state index in [0.717, 1.165) is 17.8 Å². The van der Waals surface area contributed by atoms with Gasteiger partial charge in [-0.25, -0.2) is 4.98 Å². The lowest BCUT2D eigenvalue weighted by atomic mass is 9.86. The lowest BCUT2D eigenvalue weighted by molar-refractivity contribution is -0.124. The molecular weight excluding hydrogens is 378 g/mol. The Morgan fingerprint density at radius 2 is 1.83 bits per heavy atom. The maximum atomic E-state index is 13.2. The lowest BCUT2D eigenvalue weighted by Gasteiger charge is -2.30. The summed E-state index contributed by atoms with van der Waals surface area (Å²) in [4.78, 5) is 32.2. The molecule has 2 N–H and O–H groups in total. The molecule has 0 fully saturated rings. The van der Waals surface area contributed by atoms with Crippen molar-refractivity contribution in [1.29, 1.82) is 0 Å². The van der Waals surface area contributed by atoms with Gasteiger partial charge in [-0.3, -0.25) is 14.5 Å². The van der Waals surface area contributed by atoms with Crippen molar-refractivity contribution in [2.45, 2.75) is 39.9 Å². The van der Waals surface area contributed by atoms with E-state index in [-0.39, 0.29) is 11.8 Å². The van der Waals surface area contributed by atoms with E-state index in [9.17, 15) is 9.59 Å². The number of fused-ring (bicyclic) bond motifs is 1. The molecule has 1 aromatic carbocycles. The summed E-state index contributed by atoms with van der Waals surface area (Å²) in [5.41, 5.74) is 1.60. The van der Waals surface area contributed by atoms with Crippen molar-refractivity contribution in [3.8, 4) is 11.8 Å². The average molecular weight is 408 g/mol. The van der Waals surface area contributed by atoms with Crippen LogP contribution in [0, 0.1) is 17.3 Å². The average Bonchev–Trinajstić information content (AvgIpc) is 3.07. The van der Waals surface area contributed by atoms with Crippen molar-refractivity contribution in [2.75, 3.05) is 20.6 Å². The summed E-state index contributed by atoms with van der Waals surface area (Å²) in [7, 11) is 3.58. The number of nitrogens with zero attached hydrogens (tertiary/aromatic N) is 3. The Morgan fingerprint density at radius 1 is 1.13 bits per heavy atom. The van der Waals surface area contributed by atoms with E-state index in [2.05, 4.69) is 32.4 Å². The zero-order chi connectivity index (χ0) is 21.9. The number of imidazole rings is 1. The third kappa shape index (κ3) is 4.71. The van der Waals surface area contributed by atoms with Crippen molar-refractivity contribution < 1.29 is 9.59 Å². The Labute approximate surface area is 177 Å². The van der Waals surface area contributed by atoms with Crippen LogP contribution in [0.4, 0.5) is 0 Å². The van der Waals surface area contributed by atoms with Crippen LogP contribution in [0.1, 0.15) is 48.3 Å². The molecule has 30 heavy (non-hydrogen) atoms. The summed E-state index contributed by atoms with van der Waals surface area (Å²) in [6, 6.07) is 9.01. The van der Waals surface area contributed by atoms with E-state index in [0.29, 0.717) is 24.6 Å². The number of benzene rings is 1. The van der Waals surface area contributed by atoms with Crippen LogP contribution in [0.2, 0.25) is 0 Å². The fraction of sp³-hybridized carbons (Fsp3) is 0.435. The molecule has 0 saturated carbocycles. The summed E-state index contributed by atoms with van der Waals surface area (Å²) in [6.45, 7) is 7.92. The smallest absolute Gasteiger partial charge is 0.272 e. The number of aromatic nitrogens is 2. The maximum absolute atomic E-state index is 13.2. The van der Waals surface area contributed by atoms with Gasteiger partial charge in [0.2, 0.25) is 5.91 Å². The predicted octanol–water partition coefficient (Wildman–Crippen LogP) is 1.62. The van der Waals surface area contributed by atoms with E-state index < -0.39 is 11.5 Å². The molecule has 1 aliphatic rings. The number of hydrogen-bond acceptors (Lipinski definition) is 4. The number of amides is 2.